The summed E-state index contributed by atoms with van der Waals surface area (Å²) in [4.78, 5) is 3.96. The molecule has 0 spiro atoms. The summed E-state index contributed by atoms with van der Waals surface area (Å²) in [6.45, 7) is 2.29. The number of fused-ring (bicyclic) bond motifs is 1. The van der Waals surface area contributed by atoms with Gasteiger partial charge in [-0.25, -0.2) is 0 Å². The molecule has 0 fully saturated rings. The van der Waals surface area contributed by atoms with Crippen LogP contribution in [0.15, 0.2) is 35.7 Å². The molecule has 0 saturated carbocycles. The zero-order valence-corrected chi connectivity index (χ0v) is 14.1. The third-order valence-corrected chi connectivity index (χ3v) is 5.57. The minimum absolute atomic E-state index is 0.666. The van der Waals surface area contributed by atoms with Gasteiger partial charge in [-0.05, 0) is 73.4 Å². The molecule has 1 aromatic heterocycles. The highest BCUT2D eigenvalue weighted by Crippen LogP contribution is 2.33. The van der Waals surface area contributed by atoms with Crippen LogP contribution in [0, 0.1) is 0 Å². The standard InChI is InChI=1S/C18H22ClNS/c1-20(10-9-17-6-3-11-21-17)13-15-5-2-4-14-12-16(19)7-8-18(14)15/h3,6-8,11-12,15H,2,4-5,9-10,13H2,1H3. The van der Waals surface area contributed by atoms with E-state index in [2.05, 4.69) is 41.6 Å². The molecule has 21 heavy (non-hydrogen) atoms. The second-order valence-corrected chi connectivity index (χ2v) is 7.49. The van der Waals surface area contributed by atoms with E-state index < -0.39 is 0 Å². The number of nitrogens with zero attached hydrogens (tertiary/aromatic N) is 1. The van der Waals surface area contributed by atoms with Crippen molar-refractivity contribution in [1.82, 2.24) is 4.90 Å². The summed E-state index contributed by atoms with van der Waals surface area (Å²) in [6, 6.07) is 10.8. The van der Waals surface area contributed by atoms with E-state index in [-0.39, 0.29) is 0 Å². The molecule has 0 bridgehead atoms. The first kappa shape index (κ1) is 15.1. The van der Waals surface area contributed by atoms with Crippen LogP contribution in [0.5, 0.6) is 0 Å². The van der Waals surface area contributed by atoms with Gasteiger partial charge in [-0.2, -0.15) is 0 Å². The first-order valence-corrected chi connectivity index (χ1v) is 8.97. The lowest BCUT2D eigenvalue weighted by atomic mass is 9.82. The van der Waals surface area contributed by atoms with Crippen LogP contribution in [0.4, 0.5) is 0 Å². The van der Waals surface area contributed by atoms with Crippen LogP contribution in [-0.2, 0) is 12.8 Å². The highest BCUT2D eigenvalue weighted by atomic mass is 35.5. The molecule has 0 N–H and O–H groups in total. The van der Waals surface area contributed by atoms with Crippen LogP contribution in [0.25, 0.3) is 0 Å². The first-order valence-electron chi connectivity index (χ1n) is 7.71. The van der Waals surface area contributed by atoms with Gasteiger partial charge in [0, 0.05) is 23.0 Å². The third kappa shape index (κ3) is 3.88. The number of rotatable bonds is 5. The van der Waals surface area contributed by atoms with Crippen molar-refractivity contribution >= 4 is 22.9 Å². The summed E-state index contributed by atoms with van der Waals surface area (Å²) in [7, 11) is 2.25. The quantitative estimate of drug-likeness (QED) is 0.750. The van der Waals surface area contributed by atoms with Crippen molar-refractivity contribution in [3.05, 3.63) is 56.7 Å². The van der Waals surface area contributed by atoms with Gasteiger partial charge in [-0.3, -0.25) is 0 Å². The molecule has 0 aliphatic heterocycles. The number of benzene rings is 1. The van der Waals surface area contributed by atoms with E-state index in [1.54, 1.807) is 0 Å². The van der Waals surface area contributed by atoms with Gasteiger partial charge in [0.1, 0.15) is 0 Å². The van der Waals surface area contributed by atoms with Crippen molar-refractivity contribution in [1.29, 1.82) is 0 Å². The number of hydrogen-bond donors (Lipinski definition) is 0. The van der Waals surface area contributed by atoms with E-state index in [0.29, 0.717) is 5.92 Å². The molecule has 3 heteroatoms. The van der Waals surface area contributed by atoms with Crippen LogP contribution in [0.3, 0.4) is 0 Å². The van der Waals surface area contributed by atoms with Crippen molar-refractivity contribution < 1.29 is 0 Å². The maximum Gasteiger partial charge on any atom is 0.0408 e. The second-order valence-electron chi connectivity index (χ2n) is 6.02. The van der Waals surface area contributed by atoms with Gasteiger partial charge in [0.05, 0.1) is 0 Å². The molecule has 1 aliphatic carbocycles. The predicted molar refractivity (Wildman–Crippen MR) is 92.7 cm³/mol. The Morgan fingerprint density at radius 1 is 1.33 bits per heavy atom. The molecule has 0 amide bonds. The van der Waals surface area contributed by atoms with E-state index in [1.165, 1.54) is 35.3 Å². The molecule has 1 atom stereocenters. The number of aryl methyl sites for hydroxylation is 1. The average Bonchev–Trinajstić information content (AvgIpc) is 2.98. The van der Waals surface area contributed by atoms with E-state index >= 15 is 0 Å². The monoisotopic (exact) mass is 319 g/mol. The molecule has 1 aromatic carbocycles. The maximum absolute atomic E-state index is 6.13. The lowest BCUT2D eigenvalue weighted by molar-refractivity contribution is 0.301. The molecule has 0 radical (unpaired) electrons. The van der Waals surface area contributed by atoms with Gasteiger partial charge in [-0.15, -0.1) is 11.3 Å². The Bertz CT molecular complexity index is 579. The molecule has 3 rings (SSSR count). The Kier molecular flexibility index (Phi) is 4.99. The van der Waals surface area contributed by atoms with Crippen molar-refractivity contribution in [3.8, 4) is 0 Å². The molecule has 1 heterocycles. The van der Waals surface area contributed by atoms with Crippen molar-refractivity contribution in [3.63, 3.8) is 0 Å². The number of hydrogen-bond acceptors (Lipinski definition) is 2. The van der Waals surface area contributed by atoms with Crippen LogP contribution >= 0.6 is 22.9 Å². The summed E-state index contributed by atoms with van der Waals surface area (Å²) >= 11 is 7.99. The minimum Gasteiger partial charge on any atom is -0.305 e. The highest BCUT2D eigenvalue weighted by molar-refractivity contribution is 7.09. The maximum atomic E-state index is 6.13. The van der Waals surface area contributed by atoms with Crippen LogP contribution in [0.1, 0.15) is 34.8 Å². The smallest absolute Gasteiger partial charge is 0.0408 e. The van der Waals surface area contributed by atoms with Crippen LogP contribution in [-0.4, -0.2) is 25.0 Å². The zero-order chi connectivity index (χ0) is 14.7. The van der Waals surface area contributed by atoms with Gasteiger partial charge < -0.3 is 4.90 Å². The molecular formula is C18H22ClNS. The molecule has 112 valence electrons. The minimum atomic E-state index is 0.666. The van der Waals surface area contributed by atoms with Gasteiger partial charge in [0.25, 0.3) is 0 Å². The second kappa shape index (κ2) is 6.95. The fourth-order valence-electron chi connectivity index (χ4n) is 3.30. The van der Waals surface area contributed by atoms with Crippen molar-refractivity contribution in [2.45, 2.75) is 31.6 Å². The third-order valence-electron chi connectivity index (χ3n) is 4.40. The van der Waals surface area contributed by atoms with Crippen LogP contribution < -0.4 is 0 Å². The fraction of sp³-hybridized carbons (Fsp3) is 0.444. The average molecular weight is 320 g/mol. The summed E-state index contributed by atoms with van der Waals surface area (Å²) < 4.78 is 0. The van der Waals surface area contributed by atoms with Crippen molar-refractivity contribution in [2.75, 3.05) is 20.1 Å². The molecule has 0 saturated heterocycles. The van der Waals surface area contributed by atoms with Gasteiger partial charge in [0.2, 0.25) is 0 Å². The largest absolute Gasteiger partial charge is 0.305 e. The first-order chi connectivity index (χ1) is 10.2. The van der Waals surface area contributed by atoms with E-state index in [0.717, 1.165) is 24.5 Å². The molecule has 1 aliphatic rings. The van der Waals surface area contributed by atoms with Crippen molar-refractivity contribution in [2.24, 2.45) is 0 Å². The SMILES string of the molecule is CN(CCc1cccs1)CC1CCCc2cc(Cl)ccc21. The molecule has 1 nitrogen and oxygen atoms in total. The number of halogens is 1. The Morgan fingerprint density at radius 3 is 3.05 bits per heavy atom. The van der Waals surface area contributed by atoms with E-state index in [1.807, 2.05) is 17.4 Å². The van der Waals surface area contributed by atoms with E-state index in [4.69, 9.17) is 11.6 Å². The van der Waals surface area contributed by atoms with E-state index in [9.17, 15) is 0 Å². The highest BCUT2D eigenvalue weighted by Gasteiger charge is 2.21. The Morgan fingerprint density at radius 2 is 2.24 bits per heavy atom. The normalized spacial score (nSPS) is 18.0. The van der Waals surface area contributed by atoms with Gasteiger partial charge >= 0.3 is 0 Å². The Hall–Kier alpha value is -0.830. The van der Waals surface area contributed by atoms with Crippen LogP contribution in [0.2, 0.25) is 5.02 Å². The topological polar surface area (TPSA) is 3.24 Å². The number of likely N-dealkylation sites (N-methyl/N-ethyl adjacent to an activating group) is 1. The molecular weight excluding hydrogens is 298 g/mol. The Balaban J connectivity index is 1.60. The summed E-state index contributed by atoms with van der Waals surface area (Å²) in [5.41, 5.74) is 2.99. The summed E-state index contributed by atoms with van der Waals surface area (Å²) in [5.74, 6) is 0.666. The molecule has 2 aromatic rings. The summed E-state index contributed by atoms with van der Waals surface area (Å²) in [6.07, 6.45) is 4.94. The summed E-state index contributed by atoms with van der Waals surface area (Å²) in [5, 5.41) is 3.04. The zero-order valence-electron chi connectivity index (χ0n) is 12.5. The molecule has 1 unspecified atom stereocenters. The lowest BCUT2D eigenvalue weighted by Crippen LogP contribution is -2.28. The lowest BCUT2D eigenvalue weighted by Gasteiger charge is -2.29. The fourth-order valence-corrected chi connectivity index (χ4v) is 4.19. The Labute approximate surface area is 136 Å². The predicted octanol–water partition coefficient (Wildman–Crippen LogP) is 5.00. The van der Waals surface area contributed by atoms with Gasteiger partial charge in [0.15, 0.2) is 0 Å². The number of thiophene rings is 1. The van der Waals surface area contributed by atoms with Gasteiger partial charge in [-0.1, -0.05) is 23.7 Å².